The van der Waals surface area contributed by atoms with Crippen LogP contribution in [0.3, 0.4) is 0 Å². The van der Waals surface area contributed by atoms with Gasteiger partial charge in [-0.05, 0) is 27.2 Å². The largest absolute Gasteiger partial charge is 0.466 e. The van der Waals surface area contributed by atoms with Crippen molar-refractivity contribution in [1.29, 1.82) is 0 Å². The molecule has 1 aliphatic rings. The molecule has 1 aromatic rings. The number of nitrogens with one attached hydrogen (secondary N) is 1. The molecule has 1 saturated heterocycles. The molecule has 3 amide bonds. The third-order valence-electron chi connectivity index (χ3n) is 3.18. The predicted molar refractivity (Wildman–Crippen MR) is 71.6 cm³/mol. The van der Waals surface area contributed by atoms with Crippen molar-refractivity contribution in [2.45, 2.75) is 39.7 Å². The molecule has 0 aliphatic carbocycles. The molecule has 1 aliphatic heterocycles. The Morgan fingerprint density at radius 1 is 1.43 bits per heavy atom. The highest BCUT2D eigenvalue weighted by molar-refractivity contribution is 6.21. The van der Waals surface area contributed by atoms with Crippen molar-refractivity contribution in [3.8, 4) is 0 Å². The van der Waals surface area contributed by atoms with Gasteiger partial charge >= 0.3 is 12.0 Å². The molecule has 1 fully saturated rings. The highest BCUT2D eigenvalue weighted by atomic mass is 16.5. The van der Waals surface area contributed by atoms with Crippen LogP contribution in [0.4, 0.5) is 10.5 Å². The minimum Gasteiger partial charge on any atom is -0.466 e. The third kappa shape index (κ3) is 2.88. The number of urea groups is 1. The molecular formula is C13H17N3O5. The third-order valence-corrected chi connectivity index (χ3v) is 3.18. The van der Waals surface area contributed by atoms with E-state index in [1.807, 2.05) is 0 Å². The summed E-state index contributed by atoms with van der Waals surface area (Å²) in [5, 5.41) is 6.28. The van der Waals surface area contributed by atoms with E-state index in [0.717, 1.165) is 4.90 Å². The van der Waals surface area contributed by atoms with Gasteiger partial charge in [-0.3, -0.25) is 9.59 Å². The Hall–Kier alpha value is -2.38. The molecule has 1 atom stereocenters. The van der Waals surface area contributed by atoms with E-state index >= 15 is 0 Å². The van der Waals surface area contributed by atoms with Crippen LogP contribution in [-0.2, 0) is 14.3 Å². The number of esters is 1. The second-order valence-electron chi connectivity index (χ2n) is 4.69. The Labute approximate surface area is 121 Å². The van der Waals surface area contributed by atoms with Gasteiger partial charge in [-0.25, -0.2) is 9.69 Å². The molecule has 114 valence electrons. The molecule has 0 spiro atoms. The fraction of sp³-hybridized carbons (Fsp3) is 0.538. The van der Waals surface area contributed by atoms with Gasteiger partial charge in [0, 0.05) is 6.42 Å². The summed E-state index contributed by atoms with van der Waals surface area (Å²) in [6.07, 6.45) is 0.267. The summed E-state index contributed by atoms with van der Waals surface area (Å²) in [5.41, 5.74) is 0.818. The van der Waals surface area contributed by atoms with Gasteiger partial charge in [0.25, 0.3) is 5.91 Å². The summed E-state index contributed by atoms with van der Waals surface area (Å²) in [6, 6.07) is -1.28. The van der Waals surface area contributed by atoms with E-state index in [4.69, 9.17) is 9.26 Å². The number of imide groups is 1. The lowest BCUT2D eigenvalue weighted by atomic mass is 10.1. The van der Waals surface area contributed by atoms with Gasteiger partial charge in [0.2, 0.25) is 0 Å². The van der Waals surface area contributed by atoms with Crippen LogP contribution in [-0.4, -0.2) is 35.7 Å². The minimum atomic E-state index is -0.740. The van der Waals surface area contributed by atoms with Gasteiger partial charge < -0.3 is 14.6 Å². The standard InChI is InChI=1S/C13H17N3O5/c1-4-20-10(17)6-5-9-12(18)16(13(19)14-9)11-7(2)15-21-8(11)3/h9H,4-6H2,1-3H3,(H,14,19). The summed E-state index contributed by atoms with van der Waals surface area (Å²) in [5.74, 6) is -0.420. The smallest absolute Gasteiger partial charge is 0.329 e. The highest BCUT2D eigenvalue weighted by Gasteiger charge is 2.41. The van der Waals surface area contributed by atoms with Crippen LogP contribution >= 0.6 is 0 Å². The van der Waals surface area contributed by atoms with Gasteiger partial charge in [0.15, 0.2) is 5.76 Å². The fourth-order valence-electron chi connectivity index (χ4n) is 2.23. The first-order chi connectivity index (χ1) is 9.95. The maximum absolute atomic E-state index is 12.3. The first-order valence-electron chi connectivity index (χ1n) is 6.68. The first kappa shape index (κ1) is 15.0. The van der Waals surface area contributed by atoms with Crippen molar-refractivity contribution in [3.05, 3.63) is 11.5 Å². The zero-order valence-electron chi connectivity index (χ0n) is 12.1. The molecule has 0 radical (unpaired) electrons. The Morgan fingerprint density at radius 2 is 2.14 bits per heavy atom. The van der Waals surface area contributed by atoms with Crippen molar-refractivity contribution < 1.29 is 23.6 Å². The number of carbonyl (C=O) groups excluding carboxylic acids is 3. The van der Waals surface area contributed by atoms with Crippen molar-refractivity contribution >= 4 is 23.6 Å². The molecule has 2 rings (SSSR count). The molecule has 2 heterocycles. The molecule has 0 saturated carbocycles. The van der Waals surface area contributed by atoms with Crippen molar-refractivity contribution in [1.82, 2.24) is 10.5 Å². The Kier molecular flexibility index (Phi) is 4.25. The van der Waals surface area contributed by atoms with Gasteiger partial charge in [0.05, 0.1) is 6.61 Å². The average molecular weight is 295 g/mol. The summed E-state index contributed by atoms with van der Waals surface area (Å²) in [6.45, 7) is 5.27. The number of aromatic nitrogens is 1. The normalized spacial score (nSPS) is 18.0. The van der Waals surface area contributed by atoms with Crippen LogP contribution < -0.4 is 10.2 Å². The number of nitrogens with zero attached hydrogens (tertiary/aromatic N) is 2. The second kappa shape index (κ2) is 5.94. The molecule has 1 unspecified atom stereocenters. The van der Waals surface area contributed by atoms with E-state index in [1.165, 1.54) is 0 Å². The lowest BCUT2D eigenvalue weighted by Gasteiger charge is -2.12. The predicted octanol–water partition coefficient (Wildman–Crippen LogP) is 1.06. The van der Waals surface area contributed by atoms with Crippen LogP contribution in [0.1, 0.15) is 31.2 Å². The minimum absolute atomic E-state index is 0.0694. The molecule has 8 heteroatoms. The van der Waals surface area contributed by atoms with E-state index in [2.05, 4.69) is 10.5 Å². The number of hydrogen-bond acceptors (Lipinski definition) is 6. The summed E-state index contributed by atoms with van der Waals surface area (Å²) in [7, 11) is 0. The topological polar surface area (TPSA) is 102 Å². The Bertz CT molecular complexity index is 561. The number of ether oxygens (including phenoxy) is 1. The Morgan fingerprint density at radius 3 is 2.71 bits per heavy atom. The number of amides is 3. The number of aryl methyl sites for hydroxylation is 2. The maximum Gasteiger partial charge on any atom is 0.329 e. The van der Waals surface area contributed by atoms with Gasteiger partial charge in [-0.1, -0.05) is 5.16 Å². The highest BCUT2D eigenvalue weighted by Crippen LogP contribution is 2.28. The van der Waals surface area contributed by atoms with Gasteiger partial charge in [0.1, 0.15) is 17.4 Å². The SMILES string of the molecule is CCOC(=O)CCC1NC(=O)N(c2c(C)noc2C)C1=O. The quantitative estimate of drug-likeness (QED) is 0.643. The molecule has 0 aromatic carbocycles. The molecule has 1 N–H and O–H groups in total. The average Bonchev–Trinajstić information content (AvgIpc) is 2.89. The van der Waals surface area contributed by atoms with E-state index in [-0.39, 0.29) is 19.4 Å². The first-order valence-corrected chi connectivity index (χ1v) is 6.68. The van der Waals surface area contributed by atoms with Crippen molar-refractivity contribution in [3.63, 3.8) is 0 Å². The lowest BCUT2D eigenvalue weighted by Crippen LogP contribution is -2.32. The van der Waals surface area contributed by atoms with Crippen LogP contribution in [0.25, 0.3) is 0 Å². The molecule has 1 aromatic heterocycles. The molecule has 0 bridgehead atoms. The van der Waals surface area contributed by atoms with E-state index in [9.17, 15) is 14.4 Å². The van der Waals surface area contributed by atoms with Crippen molar-refractivity contribution in [2.75, 3.05) is 11.5 Å². The van der Waals surface area contributed by atoms with E-state index < -0.39 is 23.9 Å². The van der Waals surface area contributed by atoms with E-state index in [1.54, 1.807) is 20.8 Å². The van der Waals surface area contributed by atoms with Crippen LogP contribution in [0.2, 0.25) is 0 Å². The summed E-state index contributed by atoms with van der Waals surface area (Å²) < 4.78 is 9.77. The summed E-state index contributed by atoms with van der Waals surface area (Å²) in [4.78, 5) is 36.6. The zero-order chi connectivity index (χ0) is 15.6. The van der Waals surface area contributed by atoms with Gasteiger partial charge in [-0.2, -0.15) is 0 Å². The van der Waals surface area contributed by atoms with E-state index in [0.29, 0.717) is 17.1 Å². The lowest BCUT2D eigenvalue weighted by molar-refractivity contribution is -0.143. The van der Waals surface area contributed by atoms with Crippen molar-refractivity contribution in [2.24, 2.45) is 0 Å². The maximum atomic E-state index is 12.3. The Balaban J connectivity index is 2.09. The number of carbonyl (C=O) groups is 3. The zero-order valence-corrected chi connectivity index (χ0v) is 12.1. The van der Waals surface area contributed by atoms with Crippen LogP contribution in [0, 0.1) is 13.8 Å². The van der Waals surface area contributed by atoms with Gasteiger partial charge in [-0.15, -0.1) is 0 Å². The number of anilines is 1. The fourth-order valence-corrected chi connectivity index (χ4v) is 2.23. The molecular weight excluding hydrogens is 278 g/mol. The second-order valence-corrected chi connectivity index (χ2v) is 4.69. The van der Waals surface area contributed by atoms with Crippen LogP contribution in [0.5, 0.6) is 0 Å². The number of hydrogen-bond donors (Lipinski definition) is 1. The molecule has 8 nitrogen and oxygen atoms in total. The molecule has 21 heavy (non-hydrogen) atoms. The number of rotatable bonds is 5. The van der Waals surface area contributed by atoms with Crippen LogP contribution in [0.15, 0.2) is 4.52 Å². The monoisotopic (exact) mass is 295 g/mol. The summed E-state index contributed by atoms with van der Waals surface area (Å²) >= 11 is 0.